The minimum atomic E-state index is -0.0603. The molecule has 4 nitrogen and oxygen atoms in total. The molecular weight excluding hydrogens is 190 g/mol. The van der Waals surface area contributed by atoms with E-state index in [1.54, 1.807) is 18.5 Å². The van der Waals surface area contributed by atoms with E-state index in [0.29, 0.717) is 5.56 Å². The van der Waals surface area contributed by atoms with Gasteiger partial charge in [-0.1, -0.05) is 0 Å². The highest BCUT2D eigenvalue weighted by atomic mass is 16.1. The van der Waals surface area contributed by atoms with E-state index >= 15 is 0 Å². The lowest BCUT2D eigenvalue weighted by molar-refractivity contribution is 0.0943. The SMILES string of the molecule is CC(C)NC(=O)c1ccc2[nH]cnc2c1. The number of carbonyl (C=O) groups excluding carboxylic acids is 1. The van der Waals surface area contributed by atoms with Crippen molar-refractivity contribution in [1.29, 1.82) is 0 Å². The van der Waals surface area contributed by atoms with Gasteiger partial charge in [0, 0.05) is 11.6 Å². The molecule has 0 saturated heterocycles. The van der Waals surface area contributed by atoms with Crippen molar-refractivity contribution in [2.75, 3.05) is 0 Å². The molecule has 1 aromatic carbocycles. The number of hydrogen-bond acceptors (Lipinski definition) is 2. The predicted octanol–water partition coefficient (Wildman–Crippen LogP) is 1.70. The van der Waals surface area contributed by atoms with Crippen LogP contribution < -0.4 is 5.32 Å². The molecule has 0 aliphatic heterocycles. The molecule has 0 atom stereocenters. The molecule has 1 heterocycles. The lowest BCUT2D eigenvalue weighted by Crippen LogP contribution is -2.29. The fourth-order valence-corrected chi connectivity index (χ4v) is 1.42. The summed E-state index contributed by atoms with van der Waals surface area (Å²) in [6, 6.07) is 5.58. The van der Waals surface area contributed by atoms with Crippen molar-refractivity contribution in [2.45, 2.75) is 19.9 Å². The maximum absolute atomic E-state index is 11.7. The highest BCUT2D eigenvalue weighted by Gasteiger charge is 2.07. The van der Waals surface area contributed by atoms with Gasteiger partial charge in [0.15, 0.2) is 0 Å². The summed E-state index contributed by atoms with van der Waals surface area (Å²) in [4.78, 5) is 18.8. The second-order valence-corrected chi connectivity index (χ2v) is 3.76. The number of aromatic amines is 1. The predicted molar refractivity (Wildman–Crippen MR) is 58.7 cm³/mol. The molecule has 0 spiro atoms. The zero-order valence-corrected chi connectivity index (χ0v) is 8.74. The number of imidazole rings is 1. The van der Waals surface area contributed by atoms with Gasteiger partial charge in [-0.05, 0) is 32.0 Å². The van der Waals surface area contributed by atoms with Gasteiger partial charge in [0.1, 0.15) is 0 Å². The fourth-order valence-electron chi connectivity index (χ4n) is 1.42. The molecule has 0 unspecified atom stereocenters. The fraction of sp³-hybridized carbons (Fsp3) is 0.273. The van der Waals surface area contributed by atoms with Crippen molar-refractivity contribution >= 4 is 16.9 Å². The Bertz CT molecular complexity index is 487. The van der Waals surface area contributed by atoms with Crippen LogP contribution in [0.15, 0.2) is 24.5 Å². The molecule has 0 radical (unpaired) electrons. The molecule has 0 aliphatic rings. The third kappa shape index (κ3) is 1.98. The number of rotatable bonds is 2. The summed E-state index contributed by atoms with van der Waals surface area (Å²) in [5.74, 6) is -0.0603. The van der Waals surface area contributed by atoms with Crippen LogP contribution in [0.3, 0.4) is 0 Å². The van der Waals surface area contributed by atoms with Crippen LogP contribution in [-0.2, 0) is 0 Å². The summed E-state index contributed by atoms with van der Waals surface area (Å²) in [5, 5.41) is 2.84. The van der Waals surface area contributed by atoms with Gasteiger partial charge in [-0.3, -0.25) is 4.79 Å². The minimum absolute atomic E-state index is 0.0603. The van der Waals surface area contributed by atoms with Gasteiger partial charge in [0.2, 0.25) is 0 Å². The Kier molecular flexibility index (Phi) is 2.41. The van der Waals surface area contributed by atoms with E-state index in [9.17, 15) is 4.79 Å². The Balaban J connectivity index is 2.31. The molecule has 15 heavy (non-hydrogen) atoms. The topological polar surface area (TPSA) is 57.8 Å². The van der Waals surface area contributed by atoms with Crippen LogP contribution in [0.25, 0.3) is 11.0 Å². The molecule has 2 aromatic rings. The molecular formula is C11H13N3O. The molecule has 1 amide bonds. The Hall–Kier alpha value is -1.84. The Labute approximate surface area is 87.7 Å². The minimum Gasteiger partial charge on any atom is -0.350 e. The van der Waals surface area contributed by atoms with Crippen LogP contribution in [-0.4, -0.2) is 21.9 Å². The first kappa shape index (κ1) is 9.71. The quantitative estimate of drug-likeness (QED) is 0.780. The van der Waals surface area contributed by atoms with Crippen LogP contribution in [0.2, 0.25) is 0 Å². The van der Waals surface area contributed by atoms with Crippen molar-refractivity contribution in [2.24, 2.45) is 0 Å². The maximum Gasteiger partial charge on any atom is 0.251 e. The number of hydrogen-bond donors (Lipinski definition) is 2. The summed E-state index contributed by atoms with van der Waals surface area (Å²) in [6.07, 6.45) is 1.62. The average Bonchev–Trinajstić information content (AvgIpc) is 2.62. The Morgan fingerprint density at radius 3 is 3.00 bits per heavy atom. The van der Waals surface area contributed by atoms with E-state index in [1.165, 1.54) is 0 Å². The highest BCUT2D eigenvalue weighted by Crippen LogP contribution is 2.11. The van der Waals surface area contributed by atoms with Crippen molar-refractivity contribution in [3.8, 4) is 0 Å². The third-order valence-electron chi connectivity index (χ3n) is 2.10. The normalized spacial score (nSPS) is 10.9. The second-order valence-electron chi connectivity index (χ2n) is 3.76. The molecule has 0 fully saturated rings. The summed E-state index contributed by atoms with van der Waals surface area (Å²) in [7, 11) is 0. The van der Waals surface area contributed by atoms with Gasteiger partial charge in [-0.2, -0.15) is 0 Å². The number of nitrogens with one attached hydrogen (secondary N) is 2. The number of aromatic nitrogens is 2. The molecule has 78 valence electrons. The summed E-state index contributed by atoms with van der Waals surface area (Å²) in [6.45, 7) is 3.87. The van der Waals surface area contributed by atoms with Crippen LogP contribution in [0.4, 0.5) is 0 Å². The van der Waals surface area contributed by atoms with Gasteiger partial charge >= 0.3 is 0 Å². The zero-order chi connectivity index (χ0) is 10.8. The summed E-state index contributed by atoms with van der Waals surface area (Å²) in [5.41, 5.74) is 2.39. The van der Waals surface area contributed by atoms with Gasteiger partial charge < -0.3 is 10.3 Å². The summed E-state index contributed by atoms with van der Waals surface area (Å²) < 4.78 is 0. The van der Waals surface area contributed by atoms with E-state index < -0.39 is 0 Å². The van der Waals surface area contributed by atoms with E-state index in [-0.39, 0.29) is 11.9 Å². The Morgan fingerprint density at radius 2 is 2.27 bits per heavy atom. The van der Waals surface area contributed by atoms with E-state index in [2.05, 4.69) is 15.3 Å². The zero-order valence-electron chi connectivity index (χ0n) is 8.74. The Morgan fingerprint density at radius 1 is 1.47 bits per heavy atom. The lowest BCUT2D eigenvalue weighted by atomic mass is 10.2. The van der Waals surface area contributed by atoms with Gasteiger partial charge in [0.05, 0.1) is 17.4 Å². The largest absolute Gasteiger partial charge is 0.350 e. The van der Waals surface area contributed by atoms with E-state index in [0.717, 1.165) is 11.0 Å². The molecule has 0 bridgehead atoms. The lowest BCUT2D eigenvalue weighted by Gasteiger charge is -2.07. The second kappa shape index (κ2) is 3.73. The highest BCUT2D eigenvalue weighted by molar-refractivity contribution is 5.97. The molecule has 2 N–H and O–H groups in total. The van der Waals surface area contributed by atoms with Gasteiger partial charge in [-0.15, -0.1) is 0 Å². The van der Waals surface area contributed by atoms with Crippen LogP contribution in [0, 0.1) is 0 Å². The van der Waals surface area contributed by atoms with Crippen LogP contribution >= 0.6 is 0 Å². The monoisotopic (exact) mass is 203 g/mol. The standard InChI is InChI=1S/C11H13N3O/c1-7(2)14-11(15)8-3-4-9-10(5-8)13-6-12-9/h3-7H,1-2H3,(H,12,13)(H,14,15). The van der Waals surface area contributed by atoms with Crippen LogP contribution in [0.1, 0.15) is 24.2 Å². The third-order valence-corrected chi connectivity index (χ3v) is 2.10. The number of nitrogens with zero attached hydrogens (tertiary/aromatic N) is 1. The first-order valence-corrected chi connectivity index (χ1v) is 4.91. The summed E-state index contributed by atoms with van der Waals surface area (Å²) >= 11 is 0. The van der Waals surface area contributed by atoms with Gasteiger partial charge in [0.25, 0.3) is 5.91 Å². The average molecular weight is 203 g/mol. The van der Waals surface area contributed by atoms with E-state index in [1.807, 2.05) is 19.9 Å². The smallest absolute Gasteiger partial charge is 0.251 e. The van der Waals surface area contributed by atoms with E-state index in [4.69, 9.17) is 0 Å². The first-order chi connectivity index (χ1) is 7.16. The molecule has 1 aromatic heterocycles. The van der Waals surface area contributed by atoms with Crippen molar-refractivity contribution in [1.82, 2.24) is 15.3 Å². The first-order valence-electron chi connectivity index (χ1n) is 4.91. The van der Waals surface area contributed by atoms with Crippen molar-refractivity contribution in [3.63, 3.8) is 0 Å². The van der Waals surface area contributed by atoms with Gasteiger partial charge in [-0.25, -0.2) is 4.98 Å². The molecule has 4 heteroatoms. The van der Waals surface area contributed by atoms with Crippen LogP contribution in [0.5, 0.6) is 0 Å². The molecule has 0 saturated carbocycles. The maximum atomic E-state index is 11.7. The number of amides is 1. The van der Waals surface area contributed by atoms with Crippen molar-refractivity contribution in [3.05, 3.63) is 30.1 Å². The number of carbonyl (C=O) groups is 1. The number of benzene rings is 1. The molecule has 0 aliphatic carbocycles. The number of H-pyrrole nitrogens is 1. The van der Waals surface area contributed by atoms with Crippen molar-refractivity contribution < 1.29 is 4.79 Å². The number of fused-ring (bicyclic) bond motifs is 1. The molecule has 2 rings (SSSR count).